The summed E-state index contributed by atoms with van der Waals surface area (Å²) in [6, 6.07) is 6.42. The molecule has 0 spiro atoms. The van der Waals surface area contributed by atoms with Crippen molar-refractivity contribution in [2.75, 3.05) is 20.6 Å². The standard InChI is InChI=1S/C12H17N3O/c1-8-15-10-6-9(4-5-12(10)16-8)11(14-3)7-13-2/h4-6,11,13-14H,7H2,1-3H3. The molecule has 1 aromatic heterocycles. The average molecular weight is 219 g/mol. The van der Waals surface area contributed by atoms with Gasteiger partial charge in [-0.15, -0.1) is 0 Å². The fourth-order valence-electron chi connectivity index (χ4n) is 1.87. The smallest absolute Gasteiger partial charge is 0.192 e. The number of aryl methyl sites for hydroxylation is 1. The van der Waals surface area contributed by atoms with Crippen molar-refractivity contribution in [2.24, 2.45) is 0 Å². The Morgan fingerprint density at radius 3 is 2.88 bits per heavy atom. The molecule has 86 valence electrons. The van der Waals surface area contributed by atoms with E-state index in [0.29, 0.717) is 11.9 Å². The van der Waals surface area contributed by atoms with Crippen LogP contribution in [0, 0.1) is 6.92 Å². The van der Waals surface area contributed by atoms with E-state index in [2.05, 4.69) is 27.8 Å². The summed E-state index contributed by atoms with van der Waals surface area (Å²) in [5, 5.41) is 6.43. The van der Waals surface area contributed by atoms with E-state index < -0.39 is 0 Å². The summed E-state index contributed by atoms with van der Waals surface area (Å²) in [7, 11) is 3.91. The van der Waals surface area contributed by atoms with E-state index in [1.54, 1.807) is 0 Å². The minimum atomic E-state index is 0.298. The van der Waals surface area contributed by atoms with Gasteiger partial charge in [0.15, 0.2) is 11.5 Å². The lowest BCUT2D eigenvalue weighted by Gasteiger charge is -2.15. The average Bonchev–Trinajstić information content (AvgIpc) is 2.64. The number of hydrogen-bond acceptors (Lipinski definition) is 4. The molecule has 0 amide bonds. The van der Waals surface area contributed by atoms with E-state index in [4.69, 9.17) is 4.42 Å². The van der Waals surface area contributed by atoms with Crippen molar-refractivity contribution >= 4 is 11.1 Å². The molecule has 1 unspecified atom stereocenters. The molecule has 0 aliphatic carbocycles. The Balaban J connectivity index is 2.36. The van der Waals surface area contributed by atoms with Crippen molar-refractivity contribution in [1.29, 1.82) is 0 Å². The lowest BCUT2D eigenvalue weighted by atomic mass is 10.1. The highest BCUT2D eigenvalue weighted by Crippen LogP contribution is 2.20. The number of fused-ring (bicyclic) bond motifs is 1. The second-order valence-corrected chi connectivity index (χ2v) is 3.86. The first kappa shape index (κ1) is 11.1. The van der Waals surface area contributed by atoms with Crippen LogP contribution in [0.2, 0.25) is 0 Å². The second-order valence-electron chi connectivity index (χ2n) is 3.86. The van der Waals surface area contributed by atoms with Crippen molar-refractivity contribution < 1.29 is 4.42 Å². The van der Waals surface area contributed by atoms with Crippen LogP contribution in [0.25, 0.3) is 11.1 Å². The second kappa shape index (κ2) is 4.63. The van der Waals surface area contributed by atoms with Crippen molar-refractivity contribution in [1.82, 2.24) is 15.6 Å². The molecule has 2 N–H and O–H groups in total. The van der Waals surface area contributed by atoms with Crippen LogP contribution in [0.4, 0.5) is 0 Å². The lowest BCUT2D eigenvalue weighted by molar-refractivity contribution is 0.556. The fourth-order valence-corrected chi connectivity index (χ4v) is 1.87. The molecule has 1 heterocycles. The normalized spacial score (nSPS) is 13.2. The van der Waals surface area contributed by atoms with Gasteiger partial charge < -0.3 is 15.1 Å². The molecule has 2 rings (SSSR count). The minimum absolute atomic E-state index is 0.298. The van der Waals surface area contributed by atoms with E-state index in [-0.39, 0.29) is 0 Å². The third kappa shape index (κ3) is 2.08. The molecular formula is C12H17N3O. The number of likely N-dealkylation sites (N-methyl/N-ethyl adjacent to an activating group) is 2. The molecule has 4 nitrogen and oxygen atoms in total. The van der Waals surface area contributed by atoms with Gasteiger partial charge in [0.2, 0.25) is 0 Å². The quantitative estimate of drug-likeness (QED) is 0.820. The van der Waals surface area contributed by atoms with Crippen LogP contribution in [0.3, 0.4) is 0 Å². The van der Waals surface area contributed by atoms with Gasteiger partial charge in [0.05, 0.1) is 0 Å². The van der Waals surface area contributed by atoms with Gasteiger partial charge in [-0.2, -0.15) is 0 Å². The van der Waals surface area contributed by atoms with Gasteiger partial charge in [0, 0.05) is 19.5 Å². The Morgan fingerprint density at radius 1 is 1.38 bits per heavy atom. The monoisotopic (exact) mass is 219 g/mol. The van der Waals surface area contributed by atoms with E-state index in [9.17, 15) is 0 Å². The summed E-state index contributed by atoms with van der Waals surface area (Å²) in [4.78, 5) is 4.34. The molecule has 1 aromatic carbocycles. The summed E-state index contributed by atoms with van der Waals surface area (Å²) in [5.74, 6) is 0.710. The van der Waals surface area contributed by atoms with Gasteiger partial charge in [-0.25, -0.2) is 4.98 Å². The molecule has 4 heteroatoms. The van der Waals surface area contributed by atoms with Gasteiger partial charge in [0.25, 0.3) is 0 Å². The van der Waals surface area contributed by atoms with Crippen molar-refractivity contribution in [3.05, 3.63) is 29.7 Å². The predicted molar refractivity (Wildman–Crippen MR) is 64.5 cm³/mol. The molecule has 0 aliphatic heterocycles. The number of nitrogens with one attached hydrogen (secondary N) is 2. The van der Waals surface area contributed by atoms with Crippen LogP contribution in [0.1, 0.15) is 17.5 Å². The first-order valence-corrected chi connectivity index (χ1v) is 5.43. The molecule has 0 fully saturated rings. The highest BCUT2D eigenvalue weighted by Gasteiger charge is 2.10. The van der Waals surface area contributed by atoms with Crippen LogP contribution < -0.4 is 10.6 Å². The van der Waals surface area contributed by atoms with Crippen molar-refractivity contribution in [2.45, 2.75) is 13.0 Å². The number of aromatic nitrogens is 1. The Hall–Kier alpha value is -1.39. The van der Waals surface area contributed by atoms with Gasteiger partial charge >= 0.3 is 0 Å². The van der Waals surface area contributed by atoms with E-state index in [0.717, 1.165) is 17.6 Å². The zero-order valence-corrected chi connectivity index (χ0v) is 9.87. The number of rotatable bonds is 4. The maximum atomic E-state index is 5.45. The molecule has 16 heavy (non-hydrogen) atoms. The third-order valence-electron chi connectivity index (χ3n) is 2.68. The summed E-state index contributed by atoms with van der Waals surface area (Å²) < 4.78 is 5.45. The van der Waals surface area contributed by atoms with Gasteiger partial charge in [-0.1, -0.05) is 6.07 Å². The fraction of sp³-hybridized carbons (Fsp3) is 0.417. The largest absolute Gasteiger partial charge is 0.441 e. The molecule has 0 bridgehead atoms. The molecule has 0 aliphatic rings. The number of hydrogen-bond donors (Lipinski definition) is 2. The van der Waals surface area contributed by atoms with E-state index in [1.807, 2.05) is 27.1 Å². The minimum Gasteiger partial charge on any atom is -0.441 e. The van der Waals surface area contributed by atoms with Crippen LogP contribution in [-0.2, 0) is 0 Å². The molecule has 1 atom stereocenters. The van der Waals surface area contributed by atoms with Crippen LogP contribution >= 0.6 is 0 Å². The molecular weight excluding hydrogens is 202 g/mol. The van der Waals surface area contributed by atoms with Crippen LogP contribution in [-0.4, -0.2) is 25.6 Å². The SMILES string of the molecule is CNCC(NC)c1ccc2oc(C)nc2c1. The predicted octanol–water partition coefficient (Wildman–Crippen LogP) is 1.62. The van der Waals surface area contributed by atoms with Crippen LogP contribution in [0.15, 0.2) is 22.6 Å². The maximum Gasteiger partial charge on any atom is 0.192 e. The topological polar surface area (TPSA) is 50.1 Å². The highest BCUT2D eigenvalue weighted by atomic mass is 16.3. The Labute approximate surface area is 95.1 Å². The van der Waals surface area contributed by atoms with E-state index in [1.165, 1.54) is 5.56 Å². The summed E-state index contributed by atoms with van der Waals surface area (Å²) in [6.45, 7) is 2.75. The number of oxazole rings is 1. The maximum absolute atomic E-state index is 5.45. The summed E-state index contributed by atoms with van der Waals surface area (Å²) >= 11 is 0. The lowest BCUT2D eigenvalue weighted by Crippen LogP contribution is -2.27. The Morgan fingerprint density at radius 2 is 2.19 bits per heavy atom. The molecule has 0 saturated carbocycles. The Kier molecular flexibility index (Phi) is 3.22. The van der Waals surface area contributed by atoms with Crippen molar-refractivity contribution in [3.8, 4) is 0 Å². The third-order valence-corrected chi connectivity index (χ3v) is 2.68. The zero-order valence-electron chi connectivity index (χ0n) is 9.87. The first-order chi connectivity index (χ1) is 7.74. The summed E-state index contributed by atoms with van der Waals surface area (Å²) in [5.41, 5.74) is 2.99. The van der Waals surface area contributed by atoms with Gasteiger partial charge in [0.1, 0.15) is 5.52 Å². The molecule has 0 radical (unpaired) electrons. The Bertz CT molecular complexity index is 478. The highest BCUT2D eigenvalue weighted by molar-refractivity contribution is 5.73. The van der Waals surface area contributed by atoms with Gasteiger partial charge in [-0.05, 0) is 31.8 Å². The zero-order chi connectivity index (χ0) is 11.5. The summed E-state index contributed by atoms with van der Waals surface area (Å²) in [6.07, 6.45) is 0. The van der Waals surface area contributed by atoms with Gasteiger partial charge in [-0.3, -0.25) is 0 Å². The van der Waals surface area contributed by atoms with E-state index >= 15 is 0 Å². The van der Waals surface area contributed by atoms with Crippen LogP contribution in [0.5, 0.6) is 0 Å². The number of nitrogens with zero attached hydrogens (tertiary/aromatic N) is 1. The van der Waals surface area contributed by atoms with Crippen molar-refractivity contribution in [3.63, 3.8) is 0 Å². The number of benzene rings is 1. The molecule has 0 saturated heterocycles. The molecule has 2 aromatic rings. The first-order valence-electron chi connectivity index (χ1n) is 5.43.